The number of hydrogen-bond donors (Lipinski definition) is 2. The second-order valence-electron chi connectivity index (χ2n) is 4.53. The number of urea groups is 1. The highest BCUT2D eigenvalue weighted by molar-refractivity contribution is 5.77. The lowest BCUT2D eigenvalue weighted by atomic mass is 10.2. The van der Waals surface area contributed by atoms with Gasteiger partial charge in [0.15, 0.2) is 0 Å². The first kappa shape index (κ1) is 10.7. The molecule has 0 aromatic carbocycles. The van der Waals surface area contributed by atoms with Crippen molar-refractivity contribution in [2.24, 2.45) is 5.92 Å². The zero-order chi connectivity index (χ0) is 10.8. The van der Waals surface area contributed by atoms with Crippen molar-refractivity contribution in [3.05, 3.63) is 0 Å². The molecule has 0 aromatic rings. The van der Waals surface area contributed by atoms with E-state index >= 15 is 0 Å². The zero-order valence-electron chi connectivity index (χ0n) is 9.15. The standard InChI is InChI=1S/C10H19N3O2/c1-8(7-14)5-12-6-9-4-11-2-3-13(9)10(12)15/h8-9,11,14H,2-7H2,1H3. The first-order chi connectivity index (χ1) is 7.22. The van der Waals surface area contributed by atoms with Crippen LogP contribution in [-0.2, 0) is 0 Å². The third-order valence-electron chi connectivity index (χ3n) is 3.14. The van der Waals surface area contributed by atoms with Crippen molar-refractivity contribution in [2.45, 2.75) is 13.0 Å². The number of carbonyl (C=O) groups is 1. The van der Waals surface area contributed by atoms with Crippen molar-refractivity contribution >= 4 is 6.03 Å². The SMILES string of the molecule is CC(CO)CN1CC2CNCCN2C1=O. The van der Waals surface area contributed by atoms with Crippen molar-refractivity contribution in [1.82, 2.24) is 15.1 Å². The highest BCUT2D eigenvalue weighted by atomic mass is 16.3. The number of aliphatic hydroxyl groups is 1. The molecule has 5 heteroatoms. The molecular formula is C10H19N3O2. The summed E-state index contributed by atoms with van der Waals surface area (Å²) in [6, 6.07) is 0.471. The average Bonchev–Trinajstić information content (AvgIpc) is 2.57. The Balaban J connectivity index is 1.95. The summed E-state index contributed by atoms with van der Waals surface area (Å²) in [5.74, 6) is 0.170. The normalized spacial score (nSPS) is 28.1. The van der Waals surface area contributed by atoms with Crippen LogP contribution in [0.1, 0.15) is 6.92 Å². The van der Waals surface area contributed by atoms with Crippen molar-refractivity contribution in [2.75, 3.05) is 39.3 Å². The van der Waals surface area contributed by atoms with Crippen LogP contribution in [0.4, 0.5) is 4.79 Å². The molecule has 2 fully saturated rings. The van der Waals surface area contributed by atoms with E-state index in [1.807, 2.05) is 16.7 Å². The van der Waals surface area contributed by atoms with Gasteiger partial charge in [0.1, 0.15) is 0 Å². The molecule has 86 valence electrons. The largest absolute Gasteiger partial charge is 0.396 e. The number of hydrogen-bond acceptors (Lipinski definition) is 3. The molecule has 2 saturated heterocycles. The third kappa shape index (κ3) is 2.08. The molecule has 15 heavy (non-hydrogen) atoms. The van der Waals surface area contributed by atoms with Gasteiger partial charge in [-0.25, -0.2) is 4.79 Å². The number of fused-ring (bicyclic) bond motifs is 1. The summed E-state index contributed by atoms with van der Waals surface area (Å²) >= 11 is 0. The van der Waals surface area contributed by atoms with E-state index in [0.29, 0.717) is 12.6 Å². The lowest BCUT2D eigenvalue weighted by molar-refractivity contribution is 0.166. The van der Waals surface area contributed by atoms with Crippen LogP contribution in [-0.4, -0.2) is 66.3 Å². The Hall–Kier alpha value is -0.810. The van der Waals surface area contributed by atoms with E-state index < -0.39 is 0 Å². The molecule has 2 aliphatic heterocycles. The topological polar surface area (TPSA) is 55.8 Å². The molecule has 0 saturated carbocycles. The quantitative estimate of drug-likeness (QED) is 0.653. The molecule has 2 rings (SSSR count). The molecule has 2 atom stereocenters. The molecule has 2 heterocycles. The van der Waals surface area contributed by atoms with E-state index in [-0.39, 0.29) is 18.6 Å². The molecule has 2 N–H and O–H groups in total. The molecule has 0 radical (unpaired) electrons. The van der Waals surface area contributed by atoms with Crippen LogP contribution < -0.4 is 5.32 Å². The van der Waals surface area contributed by atoms with Gasteiger partial charge >= 0.3 is 6.03 Å². The molecule has 0 aromatic heterocycles. The second-order valence-corrected chi connectivity index (χ2v) is 4.53. The van der Waals surface area contributed by atoms with Crippen LogP contribution in [0.15, 0.2) is 0 Å². The molecule has 2 amide bonds. The van der Waals surface area contributed by atoms with Gasteiger partial charge in [0, 0.05) is 39.3 Å². The van der Waals surface area contributed by atoms with Gasteiger partial charge in [-0.3, -0.25) is 0 Å². The summed E-state index contributed by atoms with van der Waals surface area (Å²) in [6.45, 7) is 6.18. The second kappa shape index (κ2) is 4.37. The fourth-order valence-electron chi connectivity index (χ4n) is 2.28. The van der Waals surface area contributed by atoms with E-state index in [0.717, 1.165) is 26.2 Å². The Kier molecular flexibility index (Phi) is 3.11. The summed E-state index contributed by atoms with van der Waals surface area (Å²) in [7, 11) is 0. The number of rotatable bonds is 3. The van der Waals surface area contributed by atoms with Gasteiger partial charge in [0.25, 0.3) is 0 Å². The van der Waals surface area contributed by atoms with Crippen molar-refractivity contribution in [3.8, 4) is 0 Å². The van der Waals surface area contributed by atoms with Gasteiger partial charge in [0.05, 0.1) is 6.04 Å². The predicted molar refractivity (Wildman–Crippen MR) is 56.6 cm³/mol. The Labute approximate surface area is 90.0 Å². The maximum atomic E-state index is 11.9. The number of nitrogens with zero attached hydrogens (tertiary/aromatic N) is 2. The van der Waals surface area contributed by atoms with Gasteiger partial charge in [-0.2, -0.15) is 0 Å². The molecular weight excluding hydrogens is 194 g/mol. The van der Waals surface area contributed by atoms with E-state index in [4.69, 9.17) is 5.11 Å². The minimum atomic E-state index is 0.141. The van der Waals surface area contributed by atoms with E-state index in [9.17, 15) is 4.79 Å². The van der Waals surface area contributed by atoms with Gasteiger partial charge < -0.3 is 20.2 Å². The molecule has 0 aliphatic carbocycles. The Morgan fingerprint density at radius 1 is 1.67 bits per heavy atom. The zero-order valence-corrected chi connectivity index (χ0v) is 9.15. The minimum absolute atomic E-state index is 0.141. The highest BCUT2D eigenvalue weighted by Crippen LogP contribution is 2.18. The van der Waals surface area contributed by atoms with Gasteiger partial charge in [-0.15, -0.1) is 0 Å². The van der Waals surface area contributed by atoms with Gasteiger partial charge in [0.2, 0.25) is 0 Å². The molecule has 0 spiro atoms. The fraction of sp³-hybridized carbons (Fsp3) is 0.900. The number of piperazine rings is 1. The summed E-state index contributed by atoms with van der Waals surface area (Å²) in [5, 5.41) is 12.3. The molecule has 2 aliphatic rings. The molecule has 2 unspecified atom stereocenters. The monoisotopic (exact) mass is 213 g/mol. The van der Waals surface area contributed by atoms with E-state index in [1.54, 1.807) is 0 Å². The summed E-state index contributed by atoms with van der Waals surface area (Å²) in [6.07, 6.45) is 0. The first-order valence-corrected chi connectivity index (χ1v) is 5.59. The Morgan fingerprint density at radius 2 is 2.47 bits per heavy atom. The van der Waals surface area contributed by atoms with Crippen LogP contribution in [0.5, 0.6) is 0 Å². The number of amides is 2. The van der Waals surface area contributed by atoms with Crippen LogP contribution in [0.3, 0.4) is 0 Å². The fourth-order valence-corrected chi connectivity index (χ4v) is 2.28. The Bertz CT molecular complexity index is 247. The summed E-state index contributed by atoms with van der Waals surface area (Å²) in [5.41, 5.74) is 0. The van der Waals surface area contributed by atoms with Gasteiger partial charge in [-0.05, 0) is 5.92 Å². The van der Waals surface area contributed by atoms with E-state index in [2.05, 4.69) is 5.32 Å². The first-order valence-electron chi connectivity index (χ1n) is 5.59. The van der Waals surface area contributed by atoms with Crippen LogP contribution in [0.25, 0.3) is 0 Å². The number of carbonyl (C=O) groups excluding carboxylic acids is 1. The molecule has 0 bridgehead atoms. The van der Waals surface area contributed by atoms with Crippen LogP contribution in [0, 0.1) is 5.92 Å². The maximum absolute atomic E-state index is 11.9. The lowest BCUT2D eigenvalue weighted by Gasteiger charge is -2.28. The number of nitrogens with one attached hydrogen (secondary N) is 1. The number of aliphatic hydroxyl groups excluding tert-OH is 1. The predicted octanol–water partition coefficient (Wildman–Crippen LogP) is -0.676. The smallest absolute Gasteiger partial charge is 0.320 e. The highest BCUT2D eigenvalue weighted by Gasteiger charge is 2.38. The lowest BCUT2D eigenvalue weighted by Crippen LogP contribution is -2.49. The van der Waals surface area contributed by atoms with Crippen molar-refractivity contribution in [3.63, 3.8) is 0 Å². The van der Waals surface area contributed by atoms with Crippen molar-refractivity contribution < 1.29 is 9.90 Å². The average molecular weight is 213 g/mol. The maximum Gasteiger partial charge on any atom is 0.320 e. The van der Waals surface area contributed by atoms with Crippen molar-refractivity contribution in [1.29, 1.82) is 0 Å². The summed E-state index contributed by atoms with van der Waals surface area (Å²) < 4.78 is 0. The molecule has 5 nitrogen and oxygen atoms in total. The Morgan fingerprint density at radius 3 is 3.13 bits per heavy atom. The third-order valence-corrected chi connectivity index (χ3v) is 3.14. The van der Waals surface area contributed by atoms with Crippen LogP contribution >= 0.6 is 0 Å². The summed E-state index contributed by atoms with van der Waals surface area (Å²) in [4.78, 5) is 15.7. The minimum Gasteiger partial charge on any atom is -0.396 e. The van der Waals surface area contributed by atoms with E-state index in [1.165, 1.54) is 0 Å². The van der Waals surface area contributed by atoms with Gasteiger partial charge in [-0.1, -0.05) is 6.92 Å². The van der Waals surface area contributed by atoms with Crippen LogP contribution in [0.2, 0.25) is 0 Å².